The number of carbonyl (C=O) groups excluding carboxylic acids is 1. The molecule has 0 aliphatic rings. The summed E-state index contributed by atoms with van der Waals surface area (Å²) in [5, 5.41) is 0.319. The summed E-state index contributed by atoms with van der Waals surface area (Å²) < 4.78 is 28.2. The highest BCUT2D eigenvalue weighted by atomic mass is 35.5. The first-order valence-electron chi connectivity index (χ1n) is 8.55. The average molecular weight is 450 g/mol. The van der Waals surface area contributed by atoms with Crippen molar-refractivity contribution in [3.63, 3.8) is 0 Å². The normalized spacial score (nSPS) is 11.3. The summed E-state index contributed by atoms with van der Waals surface area (Å²) in [4.78, 5) is 19.7. The van der Waals surface area contributed by atoms with Crippen LogP contribution in [0.25, 0.3) is 11.1 Å². The highest BCUT2D eigenvalue weighted by Crippen LogP contribution is 2.29. The fourth-order valence-electron chi connectivity index (χ4n) is 2.69. The molecule has 3 aromatic rings. The van der Waals surface area contributed by atoms with E-state index in [9.17, 15) is 13.2 Å². The molecule has 1 aromatic carbocycles. The van der Waals surface area contributed by atoms with Gasteiger partial charge in [0.1, 0.15) is 10.7 Å². The van der Waals surface area contributed by atoms with Crippen LogP contribution in [-0.4, -0.2) is 24.2 Å². The van der Waals surface area contributed by atoms with E-state index in [0.29, 0.717) is 22.6 Å². The number of ketones is 1. The molecule has 2 heterocycles. The molecule has 0 saturated carbocycles. The highest BCUT2D eigenvalue weighted by molar-refractivity contribution is 7.92. The topological polar surface area (TPSA) is 89.0 Å². The second-order valence-corrected chi connectivity index (χ2v) is 8.95. The van der Waals surface area contributed by atoms with Crippen molar-refractivity contribution < 1.29 is 13.2 Å². The molecule has 6 nitrogen and oxygen atoms in total. The number of rotatable bonds is 6. The van der Waals surface area contributed by atoms with Gasteiger partial charge in [-0.05, 0) is 55.8 Å². The van der Waals surface area contributed by atoms with Crippen molar-refractivity contribution in [2.45, 2.75) is 25.2 Å². The zero-order valence-electron chi connectivity index (χ0n) is 15.6. The van der Waals surface area contributed by atoms with E-state index in [2.05, 4.69) is 14.7 Å². The maximum atomic E-state index is 12.8. The first-order chi connectivity index (χ1) is 13.7. The maximum Gasteiger partial charge on any atom is 0.263 e. The van der Waals surface area contributed by atoms with Gasteiger partial charge in [-0.1, -0.05) is 23.2 Å². The zero-order chi connectivity index (χ0) is 21.2. The molecular formula is C20H17Cl2N3O3S. The van der Waals surface area contributed by atoms with Crippen molar-refractivity contribution in [1.29, 1.82) is 0 Å². The fourth-order valence-corrected chi connectivity index (χ4v) is 4.56. The van der Waals surface area contributed by atoms with Crippen LogP contribution in [0.2, 0.25) is 10.0 Å². The summed E-state index contributed by atoms with van der Waals surface area (Å²) in [5.74, 6) is 0.00327. The van der Waals surface area contributed by atoms with Crippen molar-refractivity contribution in [3.8, 4) is 11.1 Å². The van der Waals surface area contributed by atoms with E-state index in [1.807, 2.05) is 0 Å². The molecule has 0 atom stereocenters. The molecule has 0 aliphatic carbocycles. The number of Topliss-reactive ketones (excluding diaryl/α,β-unsaturated/α-hetero) is 1. The number of nitrogens with one attached hydrogen (secondary N) is 1. The van der Waals surface area contributed by atoms with Crippen molar-refractivity contribution in [2.24, 2.45) is 0 Å². The van der Waals surface area contributed by atoms with E-state index >= 15 is 0 Å². The summed E-state index contributed by atoms with van der Waals surface area (Å²) in [7, 11) is -3.98. The molecule has 0 amide bonds. The fraction of sp³-hybridized carbons (Fsp3) is 0.150. The lowest BCUT2D eigenvalue weighted by Gasteiger charge is -2.13. The monoisotopic (exact) mass is 449 g/mol. The summed E-state index contributed by atoms with van der Waals surface area (Å²) in [5.41, 5.74) is 2.88. The molecule has 1 N–H and O–H groups in total. The van der Waals surface area contributed by atoms with Gasteiger partial charge < -0.3 is 0 Å². The molecule has 0 saturated heterocycles. The van der Waals surface area contributed by atoms with Gasteiger partial charge in [-0.3, -0.25) is 19.5 Å². The summed E-state index contributed by atoms with van der Waals surface area (Å²) in [6.07, 6.45) is 3.45. The van der Waals surface area contributed by atoms with Crippen LogP contribution in [-0.2, 0) is 21.2 Å². The van der Waals surface area contributed by atoms with Crippen LogP contribution in [0, 0.1) is 6.92 Å². The molecule has 0 fully saturated rings. The number of sulfonamides is 1. The van der Waals surface area contributed by atoms with Crippen molar-refractivity contribution in [1.82, 2.24) is 9.97 Å². The molecule has 150 valence electrons. The van der Waals surface area contributed by atoms with Crippen molar-refractivity contribution in [2.75, 3.05) is 4.72 Å². The Kier molecular flexibility index (Phi) is 6.21. The molecule has 2 aromatic heterocycles. The van der Waals surface area contributed by atoms with E-state index in [-0.39, 0.29) is 27.1 Å². The standard InChI is InChI=1S/C20H17Cl2N3O3S/c1-12(26)7-17-8-14(5-6-23-17)15-9-19(13(2)24-11-15)25-29(27,28)20-10-16(21)3-4-18(20)22/h3-6,8-11,25H,7H2,1-2H3. The number of anilines is 1. The van der Waals surface area contributed by atoms with E-state index in [4.69, 9.17) is 23.2 Å². The number of pyridine rings is 2. The SMILES string of the molecule is CC(=O)Cc1cc(-c2cnc(C)c(NS(=O)(=O)c3cc(Cl)ccc3Cl)c2)ccn1. The Morgan fingerprint density at radius 3 is 2.55 bits per heavy atom. The number of aryl methyl sites for hydroxylation is 1. The van der Waals surface area contributed by atoms with Crippen LogP contribution < -0.4 is 4.72 Å². The Morgan fingerprint density at radius 2 is 1.83 bits per heavy atom. The van der Waals surface area contributed by atoms with Gasteiger partial charge in [-0.2, -0.15) is 0 Å². The number of aromatic nitrogens is 2. The Hall–Kier alpha value is -2.48. The number of hydrogen-bond acceptors (Lipinski definition) is 5. The first-order valence-corrected chi connectivity index (χ1v) is 10.8. The smallest absolute Gasteiger partial charge is 0.263 e. The minimum Gasteiger partial charge on any atom is -0.300 e. The van der Waals surface area contributed by atoms with Crippen LogP contribution in [0.1, 0.15) is 18.3 Å². The summed E-state index contributed by atoms with van der Waals surface area (Å²) >= 11 is 12.0. The largest absolute Gasteiger partial charge is 0.300 e. The second-order valence-electron chi connectivity index (χ2n) is 6.45. The predicted octanol–water partition coefficient (Wildman–Crippen LogP) is 4.69. The zero-order valence-corrected chi connectivity index (χ0v) is 17.9. The van der Waals surface area contributed by atoms with Gasteiger partial charge >= 0.3 is 0 Å². The van der Waals surface area contributed by atoms with E-state index in [1.54, 1.807) is 37.5 Å². The summed E-state index contributed by atoms with van der Waals surface area (Å²) in [6, 6.07) is 9.44. The predicted molar refractivity (Wildman–Crippen MR) is 114 cm³/mol. The van der Waals surface area contributed by atoms with Crippen LogP contribution in [0.3, 0.4) is 0 Å². The Labute approximate surface area is 179 Å². The minimum absolute atomic E-state index is 0.00327. The summed E-state index contributed by atoms with van der Waals surface area (Å²) in [6.45, 7) is 3.19. The number of nitrogens with zero attached hydrogens (tertiary/aromatic N) is 2. The molecule has 9 heteroatoms. The third-order valence-electron chi connectivity index (χ3n) is 4.09. The van der Waals surface area contributed by atoms with Gasteiger partial charge in [-0.25, -0.2) is 8.42 Å². The van der Waals surface area contributed by atoms with Gasteiger partial charge in [0.05, 0.1) is 16.4 Å². The average Bonchev–Trinajstić information content (AvgIpc) is 2.65. The lowest BCUT2D eigenvalue weighted by atomic mass is 10.1. The number of benzene rings is 1. The van der Waals surface area contributed by atoms with Crippen LogP contribution in [0.5, 0.6) is 0 Å². The first kappa shape index (κ1) is 21.2. The highest BCUT2D eigenvalue weighted by Gasteiger charge is 2.20. The van der Waals surface area contributed by atoms with Crippen LogP contribution >= 0.6 is 23.2 Å². The Morgan fingerprint density at radius 1 is 1.07 bits per heavy atom. The molecule has 0 unspecified atom stereocenters. The lowest BCUT2D eigenvalue weighted by molar-refractivity contribution is -0.116. The van der Waals surface area contributed by atoms with Gasteiger partial charge in [0.25, 0.3) is 10.0 Å². The number of halogens is 2. The minimum atomic E-state index is -3.98. The van der Waals surface area contributed by atoms with E-state index < -0.39 is 10.0 Å². The lowest BCUT2D eigenvalue weighted by Crippen LogP contribution is -2.15. The Bertz CT molecular complexity index is 1200. The van der Waals surface area contributed by atoms with Gasteiger partial charge in [0.15, 0.2) is 0 Å². The third kappa shape index (κ3) is 5.12. The molecule has 0 radical (unpaired) electrons. The number of carbonyl (C=O) groups is 1. The number of hydrogen-bond donors (Lipinski definition) is 1. The van der Waals surface area contributed by atoms with E-state index in [0.717, 1.165) is 5.56 Å². The van der Waals surface area contributed by atoms with Crippen molar-refractivity contribution in [3.05, 3.63) is 70.2 Å². The molecule has 0 bridgehead atoms. The second kappa shape index (κ2) is 8.49. The van der Waals surface area contributed by atoms with Gasteiger partial charge in [-0.15, -0.1) is 0 Å². The molecule has 0 aliphatic heterocycles. The molecule has 0 spiro atoms. The third-order valence-corrected chi connectivity index (χ3v) is 6.18. The van der Waals surface area contributed by atoms with Crippen molar-refractivity contribution >= 4 is 44.7 Å². The molecule has 3 rings (SSSR count). The quantitative estimate of drug-likeness (QED) is 0.589. The van der Waals surface area contributed by atoms with E-state index in [1.165, 1.54) is 25.1 Å². The molecule has 29 heavy (non-hydrogen) atoms. The maximum absolute atomic E-state index is 12.8. The Balaban J connectivity index is 1.98. The van der Waals surface area contributed by atoms with Gasteiger partial charge in [0.2, 0.25) is 0 Å². The van der Waals surface area contributed by atoms with Crippen LogP contribution in [0.4, 0.5) is 5.69 Å². The van der Waals surface area contributed by atoms with Crippen LogP contribution in [0.15, 0.2) is 53.7 Å². The van der Waals surface area contributed by atoms with Gasteiger partial charge in [0, 0.05) is 35.1 Å². The molecular weight excluding hydrogens is 433 g/mol.